The molecule has 0 spiro atoms. The molecule has 3 unspecified atom stereocenters. The third kappa shape index (κ3) is 4.78. The zero-order valence-corrected chi connectivity index (χ0v) is 22.3. The Morgan fingerprint density at radius 3 is 2.23 bits per heavy atom. The summed E-state index contributed by atoms with van der Waals surface area (Å²) in [7, 11) is 4.50. The van der Waals surface area contributed by atoms with Crippen molar-refractivity contribution < 1.29 is 28.6 Å². The monoisotopic (exact) mass is 526 g/mol. The number of ether oxygens (including phenoxy) is 3. The van der Waals surface area contributed by atoms with Crippen molar-refractivity contribution in [3.8, 4) is 11.5 Å². The summed E-state index contributed by atoms with van der Waals surface area (Å²) in [6, 6.07) is 19.4. The first kappa shape index (κ1) is 26.2. The molecule has 1 aliphatic carbocycles. The van der Waals surface area contributed by atoms with Crippen LogP contribution in [0.4, 0.5) is 11.4 Å². The van der Waals surface area contributed by atoms with Gasteiger partial charge in [-0.3, -0.25) is 14.6 Å². The summed E-state index contributed by atoms with van der Waals surface area (Å²) < 4.78 is 15.7. The lowest BCUT2D eigenvalue weighted by Gasteiger charge is -2.38. The molecule has 0 aromatic heterocycles. The van der Waals surface area contributed by atoms with Gasteiger partial charge in [0.25, 0.3) is 0 Å². The van der Waals surface area contributed by atoms with Crippen LogP contribution in [0.15, 0.2) is 71.7 Å². The van der Waals surface area contributed by atoms with Crippen LogP contribution in [0.1, 0.15) is 53.2 Å². The number of para-hydroxylation sites is 2. The molecule has 39 heavy (non-hydrogen) atoms. The topological polar surface area (TPSA) is 94.5 Å². The molecule has 8 heteroatoms. The Morgan fingerprint density at radius 2 is 1.56 bits per heavy atom. The molecule has 3 aromatic carbocycles. The van der Waals surface area contributed by atoms with E-state index in [1.807, 2.05) is 42.5 Å². The average Bonchev–Trinajstić information content (AvgIpc) is 3.11. The lowest BCUT2D eigenvalue weighted by atomic mass is 9.72. The first-order chi connectivity index (χ1) is 18.9. The number of hydrogen-bond donors (Lipinski definition) is 0. The van der Waals surface area contributed by atoms with Gasteiger partial charge in [-0.25, -0.2) is 4.79 Å². The summed E-state index contributed by atoms with van der Waals surface area (Å²) in [5, 5.41) is 0. The highest BCUT2D eigenvalue weighted by molar-refractivity contribution is 6.13. The standard InChI is InChI=1S/C31H30N2O6/c1-18(34)33-25-8-6-5-7-23(25)32-24-15-22(21-13-14-27(37-2)28(17-21)38-3)16-26(35)29(24)30(33)19-9-11-20(12-10-19)31(36)39-4/h5-14,17,22,29-30H,15-16H2,1-4H3. The number of ketones is 1. The van der Waals surface area contributed by atoms with Crippen molar-refractivity contribution in [2.24, 2.45) is 10.9 Å². The second kappa shape index (κ2) is 10.7. The number of hydrogen-bond acceptors (Lipinski definition) is 7. The third-order valence-electron chi connectivity index (χ3n) is 7.50. The first-order valence-electron chi connectivity index (χ1n) is 12.8. The van der Waals surface area contributed by atoms with Gasteiger partial charge in [0, 0.05) is 19.1 Å². The summed E-state index contributed by atoms with van der Waals surface area (Å²) in [6.07, 6.45) is 0.834. The van der Waals surface area contributed by atoms with Gasteiger partial charge in [0.15, 0.2) is 11.5 Å². The van der Waals surface area contributed by atoms with E-state index in [1.54, 1.807) is 43.4 Å². The molecule has 2 aliphatic rings. The normalized spacial score (nSPS) is 20.2. The van der Waals surface area contributed by atoms with E-state index in [-0.39, 0.29) is 24.0 Å². The maximum atomic E-state index is 14.0. The van der Waals surface area contributed by atoms with Crippen LogP contribution in [0.25, 0.3) is 0 Å². The van der Waals surface area contributed by atoms with E-state index in [9.17, 15) is 14.4 Å². The van der Waals surface area contributed by atoms with E-state index in [1.165, 1.54) is 14.0 Å². The number of rotatable bonds is 5. The molecule has 1 heterocycles. The Kier molecular flexibility index (Phi) is 7.19. The summed E-state index contributed by atoms with van der Waals surface area (Å²) in [5.41, 5.74) is 4.10. The molecular weight excluding hydrogens is 496 g/mol. The molecule has 1 amide bonds. The van der Waals surface area contributed by atoms with Gasteiger partial charge in [-0.1, -0.05) is 30.3 Å². The number of carbonyl (C=O) groups excluding carboxylic acids is 3. The van der Waals surface area contributed by atoms with Crippen molar-refractivity contribution in [1.82, 2.24) is 0 Å². The number of aliphatic imine (C=N–C) groups is 1. The van der Waals surface area contributed by atoms with E-state index in [4.69, 9.17) is 19.2 Å². The van der Waals surface area contributed by atoms with E-state index in [2.05, 4.69) is 0 Å². The minimum absolute atomic E-state index is 0.000820. The number of methoxy groups -OCH3 is 3. The molecule has 0 radical (unpaired) electrons. The van der Waals surface area contributed by atoms with Crippen molar-refractivity contribution in [3.63, 3.8) is 0 Å². The maximum absolute atomic E-state index is 14.0. The third-order valence-corrected chi connectivity index (χ3v) is 7.50. The van der Waals surface area contributed by atoms with Crippen molar-refractivity contribution in [2.75, 3.05) is 26.2 Å². The van der Waals surface area contributed by atoms with E-state index >= 15 is 0 Å². The highest BCUT2D eigenvalue weighted by atomic mass is 16.5. The molecule has 3 atom stereocenters. The molecule has 1 saturated carbocycles. The van der Waals surface area contributed by atoms with Crippen LogP contribution in [0, 0.1) is 5.92 Å². The van der Waals surface area contributed by atoms with Gasteiger partial charge in [0.1, 0.15) is 5.78 Å². The van der Waals surface area contributed by atoms with Crippen molar-refractivity contribution >= 4 is 34.7 Å². The minimum atomic E-state index is -0.637. The predicted octanol–water partition coefficient (Wildman–Crippen LogP) is 5.43. The molecule has 200 valence electrons. The smallest absolute Gasteiger partial charge is 0.337 e. The lowest BCUT2D eigenvalue weighted by molar-refractivity contribution is -0.123. The van der Waals surface area contributed by atoms with Crippen molar-refractivity contribution in [2.45, 2.75) is 31.7 Å². The van der Waals surface area contributed by atoms with Crippen LogP contribution in [-0.4, -0.2) is 44.7 Å². The Morgan fingerprint density at radius 1 is 0.872 bits per heavy atom. The largest absolute Gasteiger partial charge is 0.493 e. The number of fused-ring (bicyclic) bond motifs is 2. The second-order valence-electron chi connectivity index (χ2n) is 9.70. The average molecular weight is 527 g/mol. The Hall–Kier alpha value is -4.46. The van der Waals surface area contributed by atoms with Crippen LogP contribution >= 0.6 is 0 Å². The van der Waals surface area contributed by atoms with Crippen LogP contribution in [-0.2, 0) is 14.3 Å². The summed E-state index contributed by atoms with van der Waals surface area (Å²) >= 11 is 0. The quantitative estimate of drug-likeness (QED) is 0.411. The first-order valence-corrected chi connectivity index (χ1v) is 12.8. The van der Waals surface area contributed by atoms with E-state index in [0.717, 1.165) is 16.8 Å². The summed E-state index contributed by atoms with van der Waals surface area (Å²) in [5.74, 6) is -0.174. The lowest BCUT2D eigenvalue weighted by Crippen LogP contribution is -2.45. The molecule has 8 nitrogen and oxygen atoms in total. The van der Waals surface area contributed by atoms with Crippen molar-refractivity contribution in [3.05, 3.63) is 83.4 Å². The van der Waals surface area contributed by atoms with Crippen LogP contribution in [0.2, 0.25) is 0 Å². The Bertz CT molecular complexity index is 1460. The number of carbonyl (C=O) groups is 3. The van der Waals surface area contributed by atoms with Gasteiger partial charge in [-0.2, -0.15) is 0 Å². The zero-order valence-electron chi connectivity index (χ0n) is 22.3. The molecule has 3 aromatic rings. The molecule has 5 rings (SSSR count). The number of nitrogens with zero attached hydrogens (tertiary/aromatic N) is 2. The van der Waals surface area contributed by atoms with Gasteiger partial charge in [-0.15, -0.1) is 0 Å². The fourth-order valence-corrected chi connectivity index (χ4v) is 5.68. The summed E-state index contributed by atoms with van der Waals surface area (Å²) in [4.78, 5) is 45.9. The predicted molar refractivity (Wildman–Crippen MR) is 147 cm³/mol. The molecule has 0 bridgehead atoms. The number of anilines is 1. The van der Waals surface area contributed by atoms with Crippen LogP contribution in [0.3, 0.4) is 0 Å². The number of benzene rings is 3. The Balaban J connectivity index is 1.62. The van der Waals surface area contributed by atoms with Gasteiger partial charge < -0.3 is 19.1 Å². The van der Waals surface area contributed by atoms with Crippen molar-refractivity contribution in [1.29, 1.82) is 0 Å². The number of esters is 1. The number of Topliss-reactive ketones (excluding diaryl/α,β-unsaturated/α-hetero) is 1. The van der Waals surface area contributed by atoms with Gasteiger partial charge in [0.05, 0.1) is 50.2 Å². The molecule has 1 fully saturated rings. The molecule has 0 N–H and O–H groups in total. The number of amides is 1. The second-order valence-corrected chi connectivity index (χ2v) is 9.70. The fraction of sp³-hybridized carbons (Fsp3) is 0.290. The highest BCUT2D eigenvalue weighted by Gasteiger charge is 2.45. The fourth-order valence-electron chi connectivity index (χ4n) is 5.68. The van der Waals surface area contributed by atoms with Gasteiger partial charge >= 0.3 is 5.97 Å². The SMILES string of the molecule is COC(=O)c1ccc(C2C3C(=O)CC(c4ccc(OC)c(OC)c4)CC3=Nc3ccccc3N2C(C)=O)cc1. The maximum Gasteiger partial charge on any atom is 0.337 e. The molecule has 0 saturated heterocycles. The van der Waals surface area contributed by atoms with Gasteiger partial charge in [-0.05, 0) is 59.9 Å². The molecular formula is C31H30N2O6. The molecule has 1 aliphatic heterocycles. The zero-order chi connectivity index (χ0) is 27.7. The van der Waals surface area contributed by atoms with E-state index in [0.29, 0.717) is 34.9 Å². The minimum Gasteiger partial charge on any atom is -0.493 e. The Labute approximate surface area is 227 Å². The van der Waals surface area contributed by atoms with Crippen LogP contribution in [0.5, 0.6) is 11.5 Å². The van der Waals surface area contributed by atoms with E-state index < -0.39 is 17.9 Å². The summed E-state index contributed by atoms with van der Waals surface area (Å²) in [6.45, 7) is 1.50. The van der Waals surface area contributed by atoms with Gasteiger partial charge in [0.2, 0.25) is 5.91 Å². The van der Waals surface area contributed by atoms with Crippen LogP contribution < -0.4 is 14.4 Å². The highest BCUT2D eigenvalue weighted by Crippen LogP contribution is 2.47.